The lowest BCUT2D eigenvalue weighted by molar-refractivity contribution is 0.281. The monoisotopic (exact) mass is 276 g/mol. The molecule has 0 radical (unpaired) electrons. The van der Waals surface area contributed by atoms with E-state index in [9.17, 15) is 0 Å². The molecule has 2 aromatic rings. The highest BCUT2D eigenvalue weighted by Gasteiger charge is 2.27. The molecule has 1 aromatic heterocycles. The third-order valence-electron chi connectivity index (χ3n) is 2.93. The smallest absolute Gasteiger partial charge is 0.224 e. The van der Waals surface area contributed by atoms with Crippen molar-refractivity contribution in [1.82, 2.24) is 9.97 Å². The van der Waals surface area contributed by atoms with Crippen LogP contribution in [0.4, 0.5) is 0 Å². The summed E-state index contributed by atoms with van der Waals surface area (Å²) in [6.07, 6.45) is 2.22. The molecule has 1 N–H and O–H groups in total. The molecule has 1 fully saturated rings. The van der Waals surface area contributed by atoms with Crippen molar-refractivity contribution in [3.05, 3.63) is 46.9 Å². The number of rotatable bonds is 4. The van der Waals surface area contributed by atoms with E-state index in [0.717, 1.165) is 24.2 Å². The summed E-state index contributed by atoms with van der Waals surface area (Å²) in [5.74, 6) is 2.24. The molecule has 0 unspecified atom stereocenters. The summed E-state index contributed by atoms with van der Waals surface area (Å²) >= 11 is 5.98. The zero-order valence-corrected chi connectivity index (χ0v) is 11.0. The second-order valence-corrected chi connectivity index (χ2v) is 4.96. The summed E-state index contributed by atoms with van der Waals surface area (Å²) in [6.45, 7) is -0.0188. The number of hydrogen-bond acceptors (Lipinski definition) is 4. The van der Waals surface area contributed by atoms with Gasteiger partial charge in [0.25, 0.3) is 0 Å². The number of aliphatic hydroxyl groups excluding tert-OH is 1. The van der Waals surface area contributed by atoms with Crippen LogP contribution in [0.25, 0.3) is 0 Å². The van der Waals surface area contributed by atoms with E-state index in [-0.39, 0.29) is 6.61 Å². The molecule has 0 aliphatic heterocycles. The van der Waals surface area contributed by atoms with Crippen molar-refractivity contribution < 1.29 is 9.84 Å². The van der Waals surface area contributed by atoms with Gasteiger partial charge in [-0.25, -0.2) is 4.98 Å². The minimum atomic E-state index is -0.0188. The molecule has 4 nitrogen and oxygen atoms in total. The lowest BCUT2D eigenvalue weighted by Gasteiger charge is -2.07. The van der Waals surface area contributed by atoms with Crippen molar-refractivity contribution in [2.45, 2.75) is 25.4 Å². The van der Waals surface area contributed by atoms with Gasteiger partial charge in [0.2, 0.25) is 5.88 Å². The average Bonchev–Trinajstić information content (AvgIpc) is 3.22. The van der Waals surface area contributed by atoms with E-state index in [1.54, 1.807) is 12.1 Å². The summed E-state index contributed by atoms with van der Waals surface area (Å²) in [5, 5.41) is 9.49. The normalized spacial score (nSPS) is 14.4. The number of nitrogens with zero attached hydrogens (tertiary/aromatic N) is 2. The number of benzene rings is 1. The molecular weight excluding hydrogens is 264 g/mol. The molecule has 5 heteroatoms. The van der Waals surface area contributed by atoms with Gasteiger partial charge in [0.1, 0.15) is 16.7 Å². The van der Waals surface area contributed by atoms with Gasteiger partial charge in [0.15, 0.2) is 0 Å². The van der Waals surface area contributed by atoms with Crippen molar-refractivity contribution in [2.24, 2.45) is 0 Å². The fourth-order valence-corrected chi connectivity index (χ4v) is 2.00. The maximum absolute atomic E-state index is 9.10. The largest absolute Gasteiger partial charge is 0.439 e. The van der Waals surface area contributed by atoms with Crippen LogP contribution in [0.3, 0.4) is 0 Å². The van der Waals surface area contributed by atoms with Crippen LogP contribution in [0.15, 0.2) is 30.3 Å². The highest BCUT2D eigenvalue weighted by molar-refractivity contribution is 6.29. The van der Waals surface area contributed by atoms with Crippen molar-refractivity contribution in [1.29, 1.82) is 0 Å². The molecule has 0 atom stereocenters. The Hall–Kier alpha value is -1.65. The zero-order valence-electron chi connectivity index (χ0n) is 10.2. The van der Waals surface area contributed by atoms with Crippen LogP contribution in [0.5, 0.6) is 11.6 Å². The number of aliphatic hydroxyl groups is 1. The lowest BCUT2D eigenvalue weighted by Crippen LogP contribution is -1.96. The van der Waals surface area contributed by atoms with Gasteiger partial charge >= 0.3 is 0 Å². The molecule has 1 aliphatic rings. The second kappa shape index (κ2) is 5.15. The van der Waals surface area contributed by atoms with Crippen LogP contribution >= 0.6 is 11.6 Å². The Morgan fingerprint density at radius 1 is 1.26 bits per heavy atom. The first-order valence-electron chi connectivity index (χ1n) is 6.17. The van der Waals surface area contributed by atoms with Gasteiger partial charge < -0.3 is 9.84 Å². The van der Waals surface area contributed by atoms with Crippen LogP contribution in [0.2, 0.25) is 5.15 Å². The Morgan fingerprint density at radius 3 is 2.84 bits per heavy atom. The first-order chi connectivity index (χ1) is 9.24. The number of halogens is 1. The van der Waals surface area contributed by atoms with E-state index < -0.39 is 0 Å². The fraction of sp³-hybridized carbons (Fsp3) is 0.286. The van der Waals surface area contributed by atoms with Gasteiger partial charge in [0, 0.05) is 12.0 Å². The standard InChI is InChI=1S/C14H13ClN2O2/c15-12-7-13(17-14(16-12)10-4-5-10)19-11-3-1-2-9(6-11)8-18/h1-3,6-7,10,18H,4-5,8H2. The molecule has 3 rings (SSSR count). The molecule has 19 heavy (non-hydrogen) atoms. The number of aromatic nitrogens is 2. The third kappa shape index (κ3) is 3.03. The highest BCUT2D eigenvalue weighted by atomic mass is 35.5. The van der Waals surface area contributed by atoms with Crippen LogP contribution in [0.1, 0.15) is 30.1 Å². The molecule has 0 saturated heterocycles. The lowest BCUT2D eigenvalue weighted by atomic mass is 10.2. The van der Waals surface area contributed by atoms with Gasteiger partial charge in [0.05, 0.1) is 6.61 Å². The first kappa shape index (κ1) is 12.4. The van der Waals surface area contributed by atoms with Gasteiger partial charge in [-0.3, -0.25) is 0 Å². The quantitative estimate of drug-likeness (QED) is 0.871. The van der Waals surface area contributed by atoms with Crippen LogP contribution in [-0.4, -0.2) is 15.1 Å². The third-order valence-corrected chi connectivity index (χ3v) is 3.13. The van der Waals surface area contributed by atoms with E-state index in [2.05, 4.69) is 9.97 Å². The van der Waals surface area contributed by atoms with E-state index in [1.165, 1.54) is 0 Å². The summed E-state index contributed by atoms with van der Waals surface area (Å²) < 4.78 is 5.67. The molecule has 1 heterocycles. The first-order valence-corrected chi connectivity index (χ1v) is 6.54. The molecule has 1 aliphatic carbocycles. The molecule has 0 spiro atoms. The van der Waals surface area contributed by atoms with E-state index in [1.807, 2.05) is 18.2 Å². The van der Waals surface area contributed by atoms with Gasteiger partial charge in [-0.15, -0.1) is 0 Å². The molecule has 0 bridgehead atoms. The molecule has 98 valence electrons. The summed E-state index contributed by atoms with van der Waals surface area (Å²) in [4.78, 5) is 8.57. The minimum Gasteiger partial charge on any atom is -0.439 e. The number of hydrogen-bond donors (Lipinski definition) is 1. The summed E-state index contributed by atoms with van der Waals surface area (Å²) in [6, 6.07) is 8.83. The van der Waals surface area contributed by atoms with E-state index >= 15 is 0 Å². The Bertz CT molecular complexity index is 600. The average molecular weight is 277 g/mol. The Balaban J connectivity index is 1.85. The predicted molar refractivity (Wildman–Crippen MR) is 71.5 cm³/mol. The van der Waals surface area contributed by atoms with E-state index in [4.69, 9.17) is 21.4 Å². The molecule has 1 aromatic carbocycles. The minimum absolute atomic E-state index is 0.0188. The van der Waals surface area contributed by atoms with E-state index in [0.29, 0.717) is 22.7 Å². The van der Waals surface area contributed by atoms with Crippen molar-refractivity contribution in [2.75, 3.05) is 0 Å². The van der Waals surface area contributed by atoms with Crippen LogP contribution in [-0.2, 0) is 6.61 Å². The Kier molecular flexibility index (Phi) is 3.36. The summed E-state index contributed by atoms with van der Waals surface area (Å²) in [7, 11) is 0. The molecular formula is C14H13ClN2O2. The van der Waals surface area contributed by atoms with Crippen molar-refractivity contribution in [3.63, 3.8) is 0 Å². The SMILES string of the molecule is OCc1cccc(Oc2cc(Cl)nc(C3CC3)n2)c1. The maximum Gasteiger partial charge on any atom is 0.224 e. The van der Waals surface area contributed by atoms with Gasteiger partial charge in [-0.2, -0.15) is 4.98 Å². The topological polar surface area (TPSA) is 55.2 Å². The fourth-order valence-electron chi connectivity index (χ4n) is 1.82. The maximum atomic E-state index is 9.10. The Morgan fingerprint density at radius 2 is 2.11 bits per heavy atom. The zero-order chi connectivity index (χ0) is 13.2. The second-order valence-electron chi connectivity index (χ2n) is 4.57. The predicted octanol–water partition coefficient (Wildman–Crippen LogP) is 3.29. The van der Waals surface area contributed by atoms with Crippen molar-refractivity contribution >= 4 is 11.6 Å². The molecule has 1 saturated carbocycles. The van der Waals surface area contributed by atoms with Crippen LogP contribution in [0, 0.1) is 0 Å². The van der Waals surface area contributed by atoms with Gasteiger partial charge in [-0.1, -0.05) is 23.7 Å². The van der Waals surface area contributed by atoms with Gasteiger partial charge in [-0.05, 0) is 30.5 Å². The molecule has 0 amide bonds. The van der Waals surface area contributed by atoms with Crippen LogP contribution < -0.4 is 4.74 Å². The Labute approximate surface area is 116 Å². The number of ether oxygens (including phenoxy) is 1. The van der Waals surface area contributed by atoms with Crippen molar-refractivity contribution in [3.8, 4) is 11.6 Å². The highest BCUT2D eigenvalue weighted by Crippen LogP contribution is 2.39. The summed E-state index contributed by atoms with van der Waals surface area (Å²) in [5.41, 5.74) is 0.792.